The second kappa shape index (κ2) is 8.29. The molecular weight excluding hydrogens is 301 g/mol. The average molecular weight is 339 g/mol. The van der Waals surface area contributed by atoms with Gasteiger partial charge < -0.3 is 4.81 Å². The predicted octanol–water partition coefficient (Wildman–Crippen LogP) is 6.37. The first-order valence-electron chi connectivity index (χ1n) is 10.8. The molecule has 0 N–H and O–H groups in total. The highest BCUT2D eigenvalue weighted by Crippen LogP contribution is 2.55. The van der Waals surface area contributed by atoms with Crippen molar-refractivity contribution in [3.8, 4) is 0 Å². The van der Waals surface area contributed by atoms with Gasteiger partial charge in [-0.3, -0.25) is 0 Å². The molecule has 138 valence electrons. The van der Waals surface area contributed by atoms with Crippen molar-refractivity contribution in [2.45, 2.75) is 89.9 Å². The molecule has 4 unspecified atom stereocenters. The van der Waals surface area contributed by atoms with Gasteiger partial charge in [0.05, 0.1) is 0 Å². The molecule has 25 heavy (non-hydrogen) atoms. The maximum atomic E-state index is 4.05. The number of nitrogens with zero attached hydrogens (tertiary/aromatic N) is 1. The van der Waals surface area contributed by atoms with Crippen LogP contribution in [0, 0.1) is 17.8 Å². The third kappa shape index (κ3) is 3.84. The molecule has 3 rings (SSSR count). The molecule has 0 aromatic rings. The molecule has 0 aromatic heterocycles. The summed E-state index contributed by atoms with van der Waals surface area (Å²) in [5.74, 6) is 3.97. The van der Waals surface area contributed by atoms with Crippen LogP contribution < -0.4 is 0 Å². The van der Waals surface area contributed by atoms with E-state index in [9.17, 15) is 0 Å². The minimum Gasteiger partial charge on any atom is -0.337 e. The Labute approximate surface area is 156 Å². The fourth-order valence-corrected chi connectivity index (χ4v) is 6.44. The van der Waals surface area contributed by atoms with Crippen LogP contribution >= 0.6 is 0 Å². The van der Waals surface area contributed by atoms with E-state index < -0.39 is 0 Å². The van der Waals surface area contributed by atoms with Crippen LogP contribution in [0.4, 0.5) is 0 Å². The van der Waals surface area contributed by atoms with Gasteiger partial charge in [-0.05, 0) is 47.9 Å². The van der Waals surface area contributed by atoms with E-state index in [-0.39, 0.29) is 0 Å². The van der Waals surface area contributed by atoms with Crippen molar-refractivity contribution in [1.29, 1.82) is 0 Å². The first kappa shape index (κ1) is 19.0. The van der Waals surface area contributed by atoms with Crippen LogP contribution in [0.25, 0.3) is 0 Å². The fourth-order valence-electron chi connectivity index (χ4n) is 6.44. The van der Waals surface area contributed by atoms with Gasteiger partial charge in [0.15, 0.2) is 0 Å². The Kier molecular flexibility index (Phi) is 6.31. The molecular formula is C23H38BN. The second-order valence-electron chi connectivity index (χ2n) is 9.28. The summed E-state index contributed by atoms with van der Waals surface area (Å²) in [7, 11) is 0. The van der Waals surface area contributed by atoms with Gasteiger partial charge in [0, 0.05) is 0 Å². The van der Waals surface area contributed by atoms with Gasteiger partial charge in [0.1, 0.15) is 0 Å². The van der Waals surface area contributed by atoms with Crippen molar-refractivity contribution in [2.24, 2.45) is 17.8 Å². The monoisotopic (exact) mass is 339 g/mol. The summed E-state index contributed by atoms with van der Waals surface area (Å²) < 4.78 is 0. The number of allylic oxidation sites excluding steroid dienone is 5. The lowest BCUT2D eigenvalue weighted by Gasteiger charge is -2.44. The van der Waals surface area contributed by atoms with E-state index in [0.717, 1.165) is 36.2 Å². The van der Waals surface area contributed by atoms with Crippen LogP contribution in [0.2, 0.25) is 11.6 Å². The molecule has 0 spiro atoms. The lowest BCUT2D eigenvalue weighted by molar-refractivity contribution is 0.287. The van der Waals surface area contributed by atoms with Gasteiger partial charge in [-0.1, -0.05) is 90.2 Å². The van der Waals surface area contributed by atoms with Crippen LogP contribution in [-0.4, -0.2) is 23.7 Å². The van der Waals surface area contributed by atoms with Crippen molar-refractivity contribution in [3.63, 3.8) is 0 Å². The highest BCUT2D eigenvalue weighted by Gasteiger charge is 2.50. The summed E-state index contributed by atoms with van der Waals surface area (Å²) in [6, 6.07) is 1.26. The van der Waals surface area contributed by atoms with E-state index in [0.29, 0.717) is 12.1 Å². The van der Waals surface area contributed by atoms with Gasteiger partial charge in [-0.2, -0.15) is 0 Å². The first-order chi connectivity index (χ1) is 12.0. The number of fused-ring (bicyclic) bond motifs is 1. The van der Waals surface area contributed by atoms with Gasteiger partial charge in [-0.25, -0.2) is 0 Å². The minimum absolute atomic E-state index is 0.630. The minimum atomic E-state index is 0.630. The third-order valence-electron chi connectivity index (χ3n) is 7.16. The highest BCUT2D eigenvalue weighted by atomic mass is 15.1. The van der Waals surface area contributed by atoms with E-state index >= 15 is 0 Å². The van der Waals surface area contributed by atoms with Crippen LogP contribution in [0.15, 0.2) is 37.0 Å². The van der Waals surface area contributed by atoms with Crippen molar-refractivity contribution in [2.75, 3.05) is 0 Å². The number of hydrogen-bond donors (Lipinski definition) is 0. The molecule has 2 saturated carbocycles. The quantitative estimate of drug-likeness (QED) is 0.385. The Bertz CT molecular complexity index is 492. The summed E-state index contributed by atoms with van der Waals surface area (Å²) in [5.41, 5.74) is 0. The Morgan fingerprint density at radius 2 is 1.64 bits per heavy atom. The smallest absolute Gasteiger partial charge is 0.230 e. The van der Waals surface area contributed by atoms with Gasteiger partial charge >= 0.3 is 0 Å². The molecule has 3 aliphatic rings. The molecule has 0 radical (unpaired) electrons. The Balaban J connectivity index is 1.92. The second-order valence-corrected chi connectivity index (χ2v) is 9.28. The van der Waals surface area contributed by atoms with E-state index in [1.807, 2.05) is 0 Å². The van der Waals surface area contributed by atoms with Gasteiger partial charge in [-0.15, -0.1) is 6.58 Å². The standard InChI is InChI=1S/C23H38BN/c1-6-11-19-16-23(22-15-10-9-14-21(19)22)24(20-12-7-8-13-20)25(17(2)3)18(4)5/h6,9-10,14-15,17-23H,1,7-8,11-13,16H2,2-5H3. The van der Waals surface area contributed by atoms with Crippen molar-refractivity contribution < 1.29 is 0 Å². The summed E-state index contributed by atoms with van der Waals surface area (Å²) in [5, 5.41) is 0. The van der Waals surface area contributed by atoms with E-state index in [1.54, 1.807) is 0 Å². The zero-order valence-electron chi connectivity index (χ0n) is 16.9. The van der Waals surface area contributed by atoms with Gasteiger partial charge in [0.2, 0.25) is 6.85 Å². The highest BCUT2D eigenvalue weighted by molar-refractivity contribution is 6.59. The number of hydrogen-bond acceptors (Lipinski definition) is 1. The lowest BCUT2D eigenvalue weighted by atomic mass is 9.38. The molecule has 0 bridgehead atoms. The zero-order valence-corrected chi connectivity index (χ0v) is 16.9. The normalized spacial score (nSPS) is 32.1. The first-order valence-corrected chi connectivity index (χ1v) is 10.8. The predicted molar refractivity (Wildman–Crippen MR) is 112 cm³/mol. The molecule has 0 amide bonds. The number of rotatable bonds is 7. The SMILES string of the molecule is C=CCC1CC(B(C2CCCC2)N(C(C)C)C(C)C)C2C=CC=CC12. The summed E-state index contributed by atoms with van der Waals surface area (Å²) >= 11 is 0. The topological polar surface area (TPSA) is 3.24 Å². The third-order valence-corrected chi connectivity index (χ3v) is 7.16. The van der Waals surface area contributed by atoms with Crippen molar-refractivity contribution in [3.05, 3.63) is 37.0 Å². The molecule has 0 saturated heterocycles. The molecule has 0 heterocycles. The fraction of sp³-hybridized carbons (Fsp3) is 0.739. The Hall–Kier alpha value is -0.755. The van der Waals surface area contributed by atoms with E-state index in [1.165, 1.54) is 38.5 Å². The van der Waals surface area contributed by atoms with Crippen LogP contribution in [0.1, 0.15) is 66.2 Å². The van der Waals surface area contributed by atoms with Crippen LogP contribution in [0.3, 0.4) is 0 Å². The van der Waals surface area contributed by atoms with E-state index in [4.69, 9.17) is 0 Å². The van der Waals surface area contributed by atoms with Gasteiger partial charge in [0.25, 0.3) is 0 Å². The molecule has 0 aromatic carbocycles. The zero-order chi connectivity index (χ0) is 18.0. The largest absolute Gasteiger partial charge is 0.337 e. The molecule has 2 heteroatoms. The molecule has 2 fully saturated rings. The average Bonchev–Trinajstić information content (AvgIpc) is 3.21. The van der Waals surface area contributed by atoms with Crippen LogP contribution in [0.5, 0.6) is 0 Å². The molecule has 0 aliphatic heterocycles. The molecule has 3 aliphatic carbocycles. The maximum Gasteiger partial charge on any atom is 0.230 e. The maximum absolute atomic E-state index is 4.05. The summed E-state index contributed by atoms with van der Waals surface area (Å²) in [6.07, 6.45) is 20.1. The van der Waals surface area contributed by atoms with E-state index in [2.05, 4.69) is 69.5 Å². The summed E-state index contributed by atoms with van der Waals surface area (Å²) in [6.45, 7) is 14.4. The summed E-state index contributed by atoms with van der Waals surface area (Å²) in [4.78, 5) is 2.88. The molecule has 1 nitrogen and oxygen atoms in total. The van der Waals surface area contributed by atoms with Crippen molar-refractivity contribution >= 4 is 6.85 Å². The van der Waals surface area contributed by atoms with Crippen molar-refractivity contribution in [1.82, 2.24) is 4.81 Å². The van der Waals surface area contributed by atoms with Crippen LogP contribution in [-0.2, 0) is 0 Å². The molecule has 4 atom stereocenters. The lowest BCUT2D eigenvalue weighted by Crippen LogP contribution is -2.53. The Morgan fingerprint density at radius 3 is 2.20 bits per heavy atom. The Morgan fingerprint density at radius 1 is 1.04 bits per heavy atom.